The van der Waals surface area contributed by atoms with E-state index in [4.69, 9.17) is 50.6 Å². The summed E-state index contributed by atoms with van der Waals surface area (Å²) < 4.78 is 29.5. The van der Waals surface area contributed by atoms with Crippen molar-refractivity contribution >= 4 is 67.5 Å². The SMILES string of the molecule is C=CC(=O)Cl.C=CC(=O)OCCOCCC.CC(C)(C)O.CC(C)(C)OC(=O)CBr.CC(C)(C)[O-].CCCO.CCCOCC(=O)OC(C)(C)C.CCCOCCO.CCN(CC)CC.[BH4-].[B].[H-].[K+].[Na+]. The van der Waals surface area contributed by atoms with Crippen LogP contribution in [0.4, 0.5) is 0 Å². The van der Waals surface area contributed by atoms with Gasteiger partial charge in [-0.2, -0.15) is 0 Å². The summed E-state index contributed by atoms with van der Waals surface area (Å²) in [6.45, 7) is 49.5. The van der Waals surface area contributed by atoms with Crippen molar-refractivity contribution in [2.45, 2.75) is 180 Å². The molecule has 69 heavy (non-hydrogen) atoms. The number of carbonyl (C=O) groups is 4. The number of halogens is 2. The maximum Gasteiger partial charge on any atom is 1.00 e. The third kappa shape index (κ3) is 194. The predicted molar refractivity (Wildman–Crippen MR) is 289 cm³/mol. The standard InChI is InChI=1S/C9H18O3.C8H14O3.C6H11BrO2.C6H15N.C5H12O2.C4H10O.C4H9O.C3H3ClO.C3H8O.BH4.B.K.Na.H/c1-5-6-11-7-8(10)12-9(2,3)4;1-3-5-10-6-7-11-8(9)4-2;1-6(2,3)9-5(8)4-7;1-4-7(5-2)6-3;1-2-4-7-5-3-6;2*1-4(2,3)5;1-2-3(4)5;1-2-3-4;;;;;/h5-7H2,1-4H3;4H,2-3,5-7H2,1H3;4H2,1-3H3;4-6H2,1-3H3;6H,2-5H2,1H3;5H,1-3H3;1-3H3;2H,1H2;4H,2-3H2,1H3;1H4;;;;/q;;;;;;-1;;;-1;;2*+1;-1. The van der Waals surface area contributed by atoms with Crippen molar-refractivity contribution in [2.24, 2.45) is 0 Å². The largest absolute Gasteiger partial charge is 1.00 e. The second-order valence-corrected chi connectivity index (χ2v) is 17.7. The smallest absolute Gasteiger partial charge is 1.00 e. The number of rotatable bonds is 20. The molecule has 0 aromatic carbocycles. The van der Waals surface area contributed by atoms with Gasteiger partial charge < -0.3 is 55.2 Å². The Kier molecular flexibility index (Phi) is 112. The van der Waals surface area contributed by atoms with Crippen molar-refractivity contribution in [2.75, 3.05) is 84.4 Å². The Morgan fingerprint density at radius 1 is 0.638 bits per heavy atom. The minimum atomic E-state index is -0.750. The van der Waals surface area contributed by atoms with Crippen LogP contribution in [0.1, 0.15) is 159 Å². The predicted octanol–water partition coefficient (Wildman–Crippen LogP) is 0.910. The third-order valence-electron chi connectivity index (χ3n) is 4.81. The Bertz CT molecular complexity index is 1020. The van der Waals surface area contributed by atoms with Crippen molar-refractivity contribution in [3.05, 3.63) is 25.3 Å². The number of carbonyl (C=O) groups excluding carboxylic acids is 4. The van der Waals surface area contributed by atoms with Gasteiger partial charge in [0, 0.05) is 40.9 Å². The molecule has 0 rings (SSSR count). The van der Waals surface area contributed by atoms with Gasteiger partial charge in [-0.15, -0.1) is 5.60 Å². The molecule has 0 spiro atoms. The molecule has 0 saturated carbocycles. The van der Waals surface area contributed by atoms with Crippen LogP contribution in [-0.2, 0) is 47.6 Å². The van der Waals surface area contributed by atoms with E-state index < -0.39 is 28.0 Å². The van der Waals surface area contributed by atoms with Gasteiger partial charge in [0.1, 0.15) is 29.7 Å². The van der Waals surface area contributed by atoms with Crippen molar-refractivity contribution < 1.29 is 150 Å². The molecular formula is C48H105B2BrClKNNaO14-. The third-order valence-corrected chi connectivity index (χ3v) is 5.43. The maximum absolute atomic E-state index is 11.0. The molecular weight excluding hydrogens is 1010 g/mol. The molecule has 21 heteroatoms. The number of aliphatic hydroxyl groups is 3. The molecule has 0 amide bonds. The Hall–Kier alpha value is 0.776. The first-order chi connectivity index (χ1) is 29.7. The van der Waals surface area contributed by atoms with E-state index in [1.165, 1.54) is 19.6 Å². The summed E-state index contributed by atoms with van der Waals surface area (Å²) in [5.41, 5.74) is -2.02. The van der Waals surface area contributed by atoms with Crippen molar-refractivity contribution in [3.63, 3.8) is 0 Å². The molecule has 409 valence electrons. The second-order valence-electron chi connectivity index (χ2n) is 16.8. The average molecular weight is 1120 g/mol. The summed E-state index contributed by atoms with van der Waals surface area (Å²) >= 11 is 7.70. The molecule has 3 N–H and O–H groups in total. The Morgan fingerprint density at radius 3 is 1.14 bits per heavy atom. The Labute approximate surface area is 506 Å². The maximum atomic E-state index is 11.0. The van der Waals surface area contributed by atoms with Crippen LogP contribution < -0.4 is 86.0 Å². The van der Waals surface area contributed by atoms with Crippen LogP contribution in [0.2, 0.25) is 0 Å². The van der Waals surface area contributed by atoms with Crippen LogP contribution in [0.3, 0.4) is 0 Å². The van der Waals surface area contributed by atoms with Gasteiger partial charge in [-0.3, -0.25) is 9.59 Å². The summed E-state index contributed by atoms with van der Waals surface area (Å²) in [5.74, 6) is -0.913. The van der Waals surface area contributed by atoms with Crippen molar-refractivity contribution in [1.29, 1.82) is 0 Å². The number of esters is 3. The van der Waals surface area contributed by atoms with E-state index in [1.807, 2.05) is 69.2 Å². The molecule has 0 heterocycles. The molecule has 0 aliphatic rings. The first kappa shape index (κ1) is 102. The number of hydrogen-bond acceptors (Lipinski definition) is 15. The van der Waals surface area contributed by atoms with Crippen molar-refractivity contribution in [3.8, 4) is 0 Å². The number of ether oxygens (including phenoxy) is 6. The fraction of sp³-hybridized carbons (Fsp3) is 0.833. The minimum Gasteiger partial charge on any atom is -1.00 e. The van der Waals surface area contributed by atoms with Crippen LogP contribution in [0.5, 0.6) is 0 Å². The molecule has 0 saturated heterocycles. The molecule has 0 aromatic rings. The summed E-state index contributed by atoms with van der Waals surface area (Å²) in [6.07, 6.45) is 5.99. The van der Waals surface area contributed by atoms with Crippen LogP contribution >= 0.6 is 27.5 Å². The summed E-state index contributed by atoms with van der Waals surface area (Å²) in [6, 6.07) is 0. The summed E-state index contributed by atoms with van der Waals surface area (Å²) in [7, 11) is 0. The summed E-state index contributed by atoms with van der Waals surface area (Å²) in [5, 5.41) is 34.4. The number of alkyl halides is 1. The van der Waals surface area contributed by atoms with Crippen LogP contribution in [0, 0.1) is 0 Å². The van der Waals surface area contributed by atoms with E-state index >= 15 is 0 Å². The minimum absolute atomic E-state index is 0. The van der Waals surface area contributed by atoms with Gasteiger partial charge in [-0.25, -0.2) is 9.59 Å². The van der Waals surface area contributed by atoms with E-state index in [2.05, 4.69) is 59.5 Å². The normalized spacial score (nSPS) is 9.54. The molecule has 0 bridgehead atoms. The molecule has 3 radical (unpaired) electrons. The van der Waals surface area contributed by atoms with E-state index in [0.29, 0.717) is 39.6 Å². The number of aliphatic hydroxyl groups excluding tert-OH is 2. The van der Waals surface area contributed by atoms with E-state index in [-0.39, 0.29) is 135 Å². The number of allylic oxidation sites excluding steroid dienone is 1. The number of hydrogen-bond donors (Lipinski definition) is 3. The van der Waals surface area contributed by atoms with Crippen LogP contribution in [-0.4, -0.2) is 167 Å². The average Bonchev–Trinajstić information content (AvgIpc) is 3.17. The van der Waals surface area contributed by atoms with Gasteiger partial charge in [-0.05, 0) is 125 Å². The fourth-order valence-corrected chi connectivity index (χ4v) is 2.64. The topological polar surface area (TPSA) is 211 Å². The van der Waals surface area contributed by atoms with E-state index in [1.54, 1.807) is 41.5 Å². The van der Waals surface area contributed by atoms with Crippen LogP contribution in [0.15, 0.2) is 25.3 Å². The first-order valence-corrected chi connectivity index (χ1v) is 23.9. The van der Waals surface area contributed by atoms with E-state index in [9.17, 15) is 24.3 Å². The zero-order valence-electron chi connectivity index (χ0n) is 48.2. The molecule has 0 aliphatic carbocycles. The number of nitrogens with zero attached hydrogens (tertiary/aromatic N) is 1. The first-order valence-electron chi connectivity index (χ1n) is 22.4. The fourth-order valence-electron chi connectivity index (χ4n) is 2.53. The van der Waals surface area contributed by atoms with Crippen LogP contribution in [0.25, 0.3) is 0 Å². The summed E-state index contributed by atoms with van der Waals surface area (Å²) in [4.78, 5) is 43.8. The molecule has 0 aromatic heterocycles. The van der Waals surface area contributed by atoms with Gasteiger partial charge >= 0.3 is 98.8 Å². The molecule has 0 fully saturated rings. The monoisotopic (exact) mass is 1120 g/mol. The van der Waals surface area contributed by atoms with E-state index in [0.717, 1.165) is 44.4 Å². The zero-order chi connectivity index (χ0) is 53.6. The van der Waals surface area contributed by atoms with Crippen molar-refractivity contribution in [1.82, 2.24) is 4.90 Å². The molecule has 0 unspecified atom stereocenters. The van der Waals surface area contributed by atoms with Gasteiger partial charge in [0.2, 0.25) is 5.24 Å². The molecule has 15 nitrogen and oxygen atoms in total. The van der Waals surface area contributed by atoms with Gasteiger partial charge in [0.15, 0.2) is 0 Å². The quantitative estimate of drug-likeness (QED) is 0.0295. The Balaban J connectivity index is -0.0000000425. The Morgan fingerprint density at radius 2 is 0.942 bits per heavy atom. The molecule has 0 atom stereocenters. The van der Waals surface area contributed by atoms with Gasteiger partial charge in [0.25, 0.3) is 0 Å². The zero-order valence-corrected chi connectivity index (χ0v) is 54.7. The van der Waals surface area contributed by atoms with Gasteiger partial charge in [0.05, 0.1) is 25.4 Å². The second kappa shape index (κ2) is 75.3. The van der Waals surface area contributed by atoms with Gasteiger partial charge in [-0.1, -0.05) is 107 Å². The molecule has 0 aliphatic heterocycles.